The molecule has 2 N–H and O–H groups in total. The summed E-state index contributed by atoms with van der Waals surface area (Å²) in [5.41, 5.74) is 0.408. The van der Waals surface area contributed by atoms with E-state index in [0.717, 1.165) is 0 Å². The number of aromatic carboxylic acids is 1. The Morgan fingerprint density at radius 3 is 2.48 bits per heavy atom. The molecule has 0 radical (unpaired) electrons. The molecule has 0 spiro atoms. The number of hydrogen-bond acceptors (Lipinski definition) is 3. The average molecular weight is 313 g/mol. The molecule has 0 amide bonds. The van der Waals surface area contributed by atoms with E-state index >= 15 is 0 Å². The summed E-state index contributed by atoms with van der Waals surface area (Å²) in [5, 5.41) is 8.91. The highest BCUT2D eigenvalue weighted by Crippen LogP contribution is 2.25. The highest BCUT2D eigenvalue weighted by molar-refractivity contribution is 7.88. The lowest BCUT2D eigenvalue weighted by Gasteiger charge is -2.29. The van der Waals surface area contributed by atoms with Crippen LogP contribution < -0.4 is 4.72 Å². The molecule has 21 heavy (non-hydrogen) atoms. The van der Waals surface area contributed by atoms with Crippen LogP contribution in [0.15, 0.2) is 24.3 Å². The minimum Gasteiger partial charge on any atom is -0.478 e. The zero-order valence-electron chi connectivity index (χ0n) is 12.9. The molecule has 0 heterocycles. The molecular formula is C15H23NO4S. The SMILES string of the molecule is CC(C)C(C)(C)CNS(=O)(=O)Cc1cccc(C(=O)O)c1. The van der Waals surface area contributed by atoms with Gasteiger partial charge in [-0.3, -0.25) is 0 Å². The fourth-order valence-electron chi connectivity index (χ4n) is 1.56. The van der Waals surface area contributed by atoms with Gasteiger partial charge in [0.15, 0.2) is 0 Å². The van der Waals surface area contributed by atoms with E-state index in [0.29, 0.717) is 18.0 Å². The maximum Gasteiger partial charge on any atom is 0.335 e. The van der Waals surface area contributed by atoms with Crippen LogP contribution >= 0.6 is 0 Å². The summed E-state index contributed by atoms with van der Waals surface area (Å²) >= 11 is 0. The Morgan fingerprint density at radius 1 is 1.33 bits per heavy atom. The van der Waals surface area contributed by atoms with Gasteiger partial charge in [0.2, 0.25) is 10.0 Å². The molecule has 0 unspecified atom stereocenters. The van der Waals surface area contributed by atoms with E-state index in [1.165, 1.54) is 12.1 Å². The first-order chi connectivity index (χ1) is 9.53. The van der Waals surface area contributed by atoms with Crippen LogP contribution in [-0.2, 0) is 15.8 Å². The molecule has 118 valence electrons. The second-order valence-corrected chi connectivity index (χ2v) is 8.04. The number of hydrogen-bond donors (Lipinski definition) is 2. The van der Waals surface area contributed by atoms with Gasteiger partial charge in [0, 0.05) is 6.54 Å². The lowest BCUT2D eigenvalue weighted by Crippen LogP contribution is -2.37. The quantitative estimate of drug-likeness (QED) is 0.810. The standard InChI is InChI=1S/C15H23NO4S/c1-11(2)15(3,4)10-16-21(19,20)9-12-6-5-7-13(8-12)14(17)18/h5-8,11,16H,9-10H2,1-4H3,(H,17,18). The van der Waals surface area contributed by atoms with Gasteiger partial charge in [-0.25, -0.2) is 17.9 Å². The number of benzene rings is 1. The van der Waals surface area contributed by atoms with E-state index < -0.39 is 16.0 Å². The summed E-state index contributed by atoms with van der Waals surface area (Å²) in [7, 11) is -3.49. The molecular weight excluding hydrogens is 290 g/mol. The van der Waals surface area contributed by atoms with Crippen LogP contribution in [0.3, 0.4) is 0 Å². The van der Waals surface area contributed by atoms with Gasteiger partial charge in [0.25, 0.3) is 0 Å². The highest BCUT2D eigenvalue weighted by Gasteiger charge is 2.24. The Morgan fingerprint density at radius 2 is 1.95 bits per heavy atom. The molecule has 0 atom stereocenters. The zero-order chi connectivity index (χ0) is 16.3. The van der Waals surface area contributed by atoms with Gasteiger partial charge in [-0.2, -0.15) is 0 Å². The van der Waals surface area contributed by atoms with Crippen LogP contribution in [0.25, 0.3) is 0 Å². The van der Waals surface area contributed by atoms with Crippen molar-refractivity contribution in [2.45, 2.75) is 33.4 Å². The maximum absolute atomic E-state index is 12.1. The average Bonchev–Trinajstić information content (AvgIpc) is 2.36. The van der Waals surface area contributed by atoms with Crippen LogP contribution in [0, 0.1) is 11.3 Å². The van der Waals surface area contributed by atoms with Crippen LogP contribution in [-0.4, -0.2) is 26.0 Å². The first-order valence-electron chi connectivity index (χ1n) is 6.83. The summed E-state index contributed by atoms with van der Waals surface area (Å²) < 4.78 is 26.8. The molecule has 0 aliphatic rings. The third-order valence-electron chi connectivity index (χ3n) is 3.84. The van der Waals surface area contributed by atoms with Crippen LogP contribution in [0.2, 0.25) is 0 Å². The van der Waals surface area contributed by atoms with Crippen molar-refractivity contribution in [2.24, 2.45) is 11.3 Å². The molecule has 1 aromatic rings. The molecule has 0 aromatic heterocycles. The first kappa shape index (κ1) is 17.7. The summed E-state index contributed by atoms with van der Waals surface area (Å²) in [6.07, 6.45) is 0. The molecule has 5 nitrogen and oxygen atoms in total. The summed E-state index contributed by atoms with van der Waals surface area (Å²) in [6.45, 7) is 8.46. The zero-order valence-corrected chi connectivity index (χ0v) is 13.7. The number of nitrogens with one attached hydrogen (secondary N) is 1. The largest absolute Gasteiger partial charge is 0.478 e. The van der Waals surface area contributed by atoms with E-state index in [2.05, 4.69) is 4.72 Å². The fourth-order valence-corrected chi connectivity index (χ4v) is 2.88. The first-order valence-corrected chi connectivity index (χ1v) is 8.48. The van der Waals surface area contributed by atoms with E-state index in [4.69, 9.17) is 5.11 Å². The maximum atomic E-state index is 12.1. The monoisotopic (exact) mass is 313 g/mol. The van der Waals surface area contributed by atoms with Gasteiger partial charge in [0.1, 0.15) is 0 Å². The predicted molar refractivity (Wildman–Crippen MR) is 82.6 cm³/mol. The van der Waals surface area contributed by atoms with Crippen molar-refractivity contribution < 1.29 is 18.3 Å². The van der Waals surface area contributed by atoms with E-state index in [1.807, 2.05) is 27.7 Å². The summed E-state index contributed by atoms with van der Waals surface area (Å²) in [6, 6.07) is 5.98. The second-order valence-electron chi connectivity index (χ2n) is 6.23. The molecule has 0 aliphatic heterocycles. The van der Waals surface area contributed by atoms with Gasteiger partial charge >= 0.3 is 5.97 Å². The predicted octanol–water partition coefficient (Wildman–Crippen LogP) is 2.49. The van der Waals surface area contributed by atoms with Crippen LogP contribution in [0.4, 0.5) is 0 Å². The van der Waals surface area contributed by atoms with E-state index in [9.17, 15) is 13.2 Å². The lowest BCUT2D eigenvalue weighted by molar-refractivity contribution is 0.0696. The molecule has 6 heteroatoms. The summed E-state index contributed by atoms with van der Waals surface area (Å²) in [4.78, 5) is 10.9. The minimum absolute atomic E-state index is 0.0882. The van der Waals surface area contributed by atoms with Gasteiger partial charge < -0.3 is 5.11 Å². The molecule has 1 rings (SSSR count). The minimum atomic E-state index is -3.49. The van der Waals surface area contributed by atoms with Crippen molar-refractivity contribution in [1.82, 2.24) is 4.72 Å². The molecule has 0 saturated carbocycles. The molecule has 0 bridgehead atoms. The van der Waals surface area contributed by atoms with Crippen molar-refractivity contribution >= 4 is 16.0 Å². The van der Waals surface area contributed by atoms with Crippen molar-refractivity contribution in [3.63, 3.8) is 0 Å². The molecule has 0 fully saturated rings. The number of rotatable bonds is 7. The third-order valence-corrected chi connectivity index (χ3v) is 5.14. The fraction of sp³-hybridized carbons (Fsp3) is 0.533. The van der Waals surface area contributed by atoms with Gasteiger partial charge in [-0.1, -0.05) is 39.8 Å². The number of carboxylic acid groups (broad SMARTS) is 1. The lowest BCUT2D eigenvalue weighted by atomic mass is 9.81. The Labute approximate surface area is 126 Å². The van der Waals surface area contributed by atoms with Crippen molar-refractivity contribution in [1.29, 1.82) is 0 Å². The van der Waals surface area contributed by atoms with Gasteiger partial charge in [0.05, 0.1) is 11.3 Å². The second kappa shape index (κ2) is 6.58. The van der Waals surface area contributed by atoms with Crippen molar-refractivity contribution in [2.75, 3.05) is 6.54 Å². The van der Waals surface area contributed by atoms with Crippen LogP contribution in [0.1, 0.15) is 43.6 Å². The number of carboxylic acids is 1. The van der Waals surface area contributed by atoms with Crippen molar-refractivity contribution in [3.05, 3.63) is 35.4 Å². The Balaban J connectivity index is 2.77. The Bertz CT molecular complexity index is 606. The Kier molecular flexibility index (Phi) is 5.53. The number of carbonyl (C=O) groups is 1. The molecule has 0 saturated heterocycles. The summed E-state index contributed by atoms with van der Waals surface area (Å²) in [5.74, 6) is -0.943. The van der Waals surface area contributed by atoms with Gasteiger partial charge in [-0.15, -0.1) is 0 Å². The molecule has 1 aromatic carbocycles. The van der Waals surface area contributed by atoms with E-state index in [-0.39, 0.29) is 16.7 Å². The Hall–Kier alpha value is -1.40. The normalized spacial score (nSPS) is 12.6. The smallest absolute Gasteiger partial charge is 0.335 e. The van der Waals surface area contributed by atoms with Crippen LogP contribution in [0.5, 0.6) is 0 Å². The van der Waals surface area contributed by atoms with E-state index in [1.54, 1.807) is 12.1 Å². The van der Waals surface area contributed by atoms with Crippen molar-refractivity contribution in [3.8, 4) is 0 Å². The number of sulfonamides is 1. The topological polar surface area (TPSA) is 83.5 Å². The highest BCUT2D eigenvalue weighted by atomic mass is 32.2. The third kappa shape index (κ3) is 5.47. The molecule has 0 aliphatic carbocycles. The van der Waals surface area contributed by atoms with Gasteiger partial charge in [-0.05, 0) is 29.0 Å².